The summed E-state index contributed by atoms with van der Waals surface area (Å²) in [5.41, 5.74) is 0. The van der Waals surface area contributed by atoms with Gasteiger partial charge in [0.05, 0.1) is 0 Å². The van der Waals surface area contributed by atoms with Crippen molar-refractivity contribution in [3.8, 4) is 0 Å². The Morgan fingerprint density at radius 2 is 1.75 bits per heavy atom. The fourth-order valence-electron chi connectivity index (χ4n) is 0.0364. The van der Waals surface area contributed by atoms with Gasteiger partial charge in [0, 0.05) is 0 Å². The molecule has 0 spiro atoms. The van der Waals surface area contributed by atoms with E-state index in [9.17, 15) is 5.26 Å². The minimum atomic E-state index is -2.04. The molecular formula is C2HCl4O2. The second-order valence-corrected chi connectivity index (χ2v) is 3.36. The zero-order valence-corrected chi connectivity index (χ0v) is 6.43. The number of hydrogen-bond acceptors (Lipinski definition) is 1. The normalized spacial score (nSPS) is 12.8. The molecular weight excluding hydrogens is 198 g/mol. The Morgan fingerprint density at radius 3 is 1.75 bits per heavy atom. The first-order valence-corrected chi connectivity index (χ1v) is 3.10. The minimum absolute atomic E-state index is 1.25. The SMILES string of the molecule is [O]OC(Cl)(Cl)C(Cl)Cl. The smallest absolute Gasteiger partial charge is 0.161 e. The molecule has 0 bridgehead atoms. The maximum Gasteiger partial charge on any atom is 0.283 e. The molecule has 6 heteroatoms. The van der Waals surface area contributed by atoms with Crippen LogP contribution in [0.4, 0.5) is 0 Å². The molecule has 0 aromatic carbocycles. The van der Waals surface area contributed by atoms with Gasteiger partial charge in [-0.15, -0.1) is 0 Å². The first-order valence-electron chi connectivity index (χ1n) is 1.47. The quantitative estimate of drug-likeness (QED) is 0.381. The molecule has 0 amide bonds. The van der Waals surface area contributed by atoms with Gasteiger partial charge in [0.25, 0.3) is 4.52 Å². The van der Waals surface area contributed by atoms with Gasteiger partial charge in [0.1, 0.15) is 0 Å². The molecule has 0 saturated carbocycles. The van der Waals surface area contributed by atoms with Crippen LogP contribution in [-0.4, -0.2) is 9.36 Å². The third-order valence-electron chi connectivity index (χ3n) is 0.365. The lowest BCUT2D eigenvalue weighted by Crippen LogP contribution is -2.23. The van der Waals surface area contributed by atoms with Crippen molar-refractivity contribution >= 4 is 46.4 Å². The van der Waals surface area contributed by atoms with Crippen LogP contribution < -0.4 is 0 Å². The topological polar surface area (TPSA) is 29.1 Å². The van der Waals surface area contributed by atoms with Crippen molar-refractivity contribution in [1.82, 2.24) is 0 Å². The van der Waals surface area contributed by atoms with Gasteiger partial charge in [0.2, 0.25) is 0 Å². The Balaban J connectivity index is 3.71. The van der Waals surface area contributed by atoms with E-state index in [0.29, 0.717) is 0 Å². The highest BCUT2D eigenvalue weighted by Crippen LogP contribution is 2.32. The summed E-state index contributed by atoms with van der Waals surface area (Å²) in [6, 6.07) is 0. The molecule has 8 heavy (non-hydrogen) atoms. The Kier molecular flexibility index (Phi) is 3.74. The molecule has 0 aliphatic carbocycles. The van der Waals surface area contributed by atoms with Gasteiger partial charge in [-0.2, -0.15) is 4.89 Å². The van der Waals surface area contributed by atoms with Gasteiger partial charge in [-0.25, -0.2) is 0 Å². The van der Waals surface area contributed by atoms with Crippen molar-refractivity contribution < 1.29 is 10.1 Å². The summed E-state index contributed by atoms with van der Waals surface area (Å²) in [6.07, 6.45) is 0. The number of halogens is 4. The van der Waals surface area contributed by atoms with E-state index in [4.69, 9.17) is 46.4 Å². The molecule has 0 unspecified atom stereocenters. The summed E-state index contributed by atoms with van der Waals surface area (Å²) in [5.74, 6) is 0. The maximum absolute atomic E-state index is 9.46. The van der Waals surface area contributed by atoms with Crippen LogP contribution in [0.2, 0.25) is 0 Å². The maximum atomic E-state index is 9.46. The van der Waals surface area contributed by atoms with Gasteiger partial charge in [0.15, 0.2) is 4.84 Å². The van der Waals surface area contributed by atoms with Crippen LogP contribution in [0, 0.1) is 0 Å². The van der Waals surface area contributed by atoms with E-state index in [1.54, 1.807) is 0 Å². The predicted molar refractivity (Wildman–Crippen MR) is 31.7 cm³/mol. The molecule has 0 N–H and O–H groups in total. The fourth-order valence-corrected chi connectivity index (χ4v) is 0.109. The summed E-state index contributed by atoms with van der Waals surface area (Å²) in [5, 5.41) is 9.46. The molecule has 1 radical (unpaired) electrons. The third kappa shape index (κ3) is 2.58. The summed E-state index contributed by atoms with van der Waals surface area (Å²) >= 11 is 20.1. The van der Waals surface area contributed by atoms with Gasteiger partial charge >= 0.3 is 0 Å². The van der Waals surface area contributed by atoms with Crippen molar-refractivity contribution in [3.63, 3.8) is 0 Å². The van der Waals surface area contributed by atoms with Crippen LogP contribution in [0.25, 0.3) is 0 Å². The predicted octanol–water partition coefficient (Wildman–Crippen LogP) is 2.28. The van der Waals surface area contributed by atoms with E-state index in [-0.39, 0.29) is 0 Å². The van der Waals surface area contributed by atoms with Crippen molar-refractivity contribution in [3.05, 3.63) is 0 Å². The third-order valence-corrected chi connectivity index (χ3v) is 1.99. The molecule has 0 rings (SSSR count). The standard InChI is InChI=1S/C2HCl4O2/c3-1(4)2(5,6)8-7/h1H. The van der Waals surface area contributed by atoms with Gasteiger partial charge in [-0.1, -0.05) is 46.4 Å². The molecule has 0 aromatic heterocycles. The van der Waals surface area contributed by atoms with Crippen LogP contribution in [-0.2, 0) is 10.1 Å². The van der Waals surface area contributed by atoms with Crippen LogP contribution in [0.15, 0.2) is 0 Å². The van der Waals surface area contributed by atoms with E-state index in [1.807, 2.05) is 0 Å². The highest BCUT2D eigenvalue weighted by atomic mass is 35.5. The molecule has 0 fully saturated rings. The van der Waals surface area contributed by atoms with Crippen LogP contribution in [0.1, 0.15) is 0 Å². The Labute approximate surface area is 66.2 Å². The van der Waals surface area contributed by atoms with E-state index in [2.05, 4.69) is 4.89 Å². The average molecular weight is 199 g/mol. The molecule has 2 nitrogen and oxygen atoms in total. The van der Waals surface area contributed by atoms with E-state index in [1.165, 1.54) is 0 Å². The number of hydrogen-bond donors (Lipinski definition) is 0. The lowest BCUT2D eigenvalue weighted by atomic mass is 10.8. The monoisotopic (exact) mass is 197 g/mol. The van der Waals surface area contributed by atoms with Gasteiger partial charge in [-0.3, -0.25) is 0 Å². The Hall–Kier alpha value is 1.08. The van der Waals surface area contributed by atoms with Crippen molar-refractivity contribution in [1.29, 1.82) is 0 Å². The summed E-state index contributed by atoms with van der Waals surface area (Å²) in [4.78, 5) is 1.97. The lowest BCUT2D eigenvalue weighted by molar-refractivity contribution is -0.325. The number of rotatable bonds is 2. The van der Waals surface area contributed by atoms with Crippen LogP contribution in [0.3, 0.4) is 0 Å². The van der Waals surface area contributed by atoms with Crippen molar-refractivity contribution in [2.24, 2.45) is 0 Å². The lowest BCUT2D eigenvalue weighted by Gasteiger charge is -2.12. The summed E-state index contributed by atoms with van der Waals surface area (Å²) in [7, 11) is 0. The first-order chi connectivity index (χ1) is 3.50. The molecule has 0 aliphatic rings. The first kappa shape index (κ1) is 9.08. The fraction of sp³-hybridized carbons (Fsp3) is 1.00. The minimum Gasteiger partial charge on any atom is -0.161 e. The molecule has 0 heterocycles. The average Bonchev–Trinajstić information content (AvgIpc) is 1.67. The second kappa shape index (κ2) is 3.30. The molecule has 0 atom stereocenters. The van der Waals surface area contributed by atoms with Gasteiger partial charge < -0.3 is 0 Å². The van der Waals surface area contributed by atoms with Crippen molar-refractivity contribution in [2.45, 2.75) is 9.36 Å². The van der Waals surface area contributed by atoms with Crippen LogP contribution >= 0.6 is 46.4 Å². The molecule has 0 saturated heterocycles. The summed E-state index contributed by atoms with van der Waals surface area (Å²) < 4.78 is -2.04. The Bertz CT molecular complexity index is 72.4. The molecule has 0 aromatic rings. The highest BCUT2D eigenvalue weighted by molar-refractivity contribution is 6.58. The Morgan fingerprint density at radius 1 is 1.38 bits per heavy atom. The molecule has 49 valence electrons. The largest absolute Gasteiger partial charge is 0.283 e. The molecule has 0 aliphatic heterocycles. The summed E-state index contributed by atoms with van der Waals surface area (Å²) in [6.45, 7) is 0. The van der Waals surface area contributed by atoms with E-state index in [0.717, 1.165) is 0 Å². The van der Waals surface area contributed by atoms with Crippen molar-refractivity contribution in [2.75, 3.05) is 0 Å². The zero-order valence-electron chi connectivity index (χ0n) is 3.41. The second-order valence-electron chi connectivity index (χ2n) is 0.946. The van der Waals surface area contributed by atoms with Crippen LogP contribution in [0.5, 0.6) is 0 Å². The van der Waals surface area contributed by atoms with E-state index >= 15 is 0 Å². The number of alkyl halides is 4. The highest BCUT2D eigenvalue weighted by Gasteiger charge is 2.34. The zero-order chi connectivity index (χ0) is 6.78. The van der Waals surface area contributed by atoms with E-state index < -0.39 is 9.36 Å². The van der Waals surface area contributed by atoms with Gasteiger partial charge in [-0.05, 0) is 5.26 Å².